The van der Waals surface area contributed by atoms with Gasteiger partial charge in [0.2, 0.25) is 0 Å². The fourth-order valence-electron chi connectivity index (χ4n) is 5.02. The van der Waals surface area contributed by atoms with Crippen LogP contribution in [-0.4, -0.2) is 35.4 Å². The molecule has 0 N–H and O–H groups in total. The van der Waals surface area contributed by atoms with Crippen molar-refractivity contribution in [1.82, 2.24) is 9.78 Å². The van der Waals surface area contributed by atoms with Crippen molar-refractivity contribution in [2.45, 2.75) is 32.5 Å². The zero-order valence-corrected chi connectivity index (χ0v) is 20.5. The maximum Gasteiger partial charge on any atom is 0.418 e. The lowest BCUT2D eigenvalue weighted by molar-refractivity contribution is -0.148. The van der Waals surface area contributed by atoms with E-state index in [0.717, 1.165) is 48.8 Å². The van der Waals surface area contributed by atoms with Gasteiger partial charge in [-0.25, -0.2) is 0 Å². The van der Waals surface area contributed by atoms with Gasteiger partial charge < -0.3 is 9.64 Å². The number of rotatable bonds is 6. The number of halogens is 3. The van der Waals surface area contributed by atoms with Crippen molar-refractivity contribution < 1.29 is 22.7 Å². The molecule has 192 valence electrons. The molecule has 1 saturated heterocycles. The van der Waals surface area contributed by atoms with Crippen LogP contribution in [-0.2, 0) is 22.3 Å². The number of ether oxygens (including phenoxy) is 1. The molecule has 0 atom stereocenters. The first kappa shape index (κ1) is 24.9. The highest BCUT2D eigenvalue weighted by molar-refractivity contribution is 5.95. The molecule has 5 nitrogen and oxygen atoms in total. The zero-order valence-electron chi connectivity index (χ0n) is 20.5. The predicted octanol–water partition coefficient (Wildman–Crippen LogP) is 6.55. The lowest BCUT2D eigenvalue weighted by atomic mass is 9.96. The van der Waals surface area contributed by atoms with Crippen LogP contribution in [0.15, 0.2) is 72.8 Å². The Labute approximate surface area is 213 Å². The highest BCUT2D eigenvalue weighted by Gasteiger charge is 2.34. The SMILES string of the molecule is CCOC(=O)C1CCN(c2ccc(-c3c4cccc(C(F)(F)F)c4nn3Cc3ccccc3)cc2)CC1. The van der Waals surface area contributed by atoms with E-state index < -0.39 is 11.7 Å². The molecule has 0 unspecified atom stereocenters. The fraction of sp³-hybridized carbons (Fsp3) is 0.310. The topological polar surface area (TPSA) is 47.4 Å². The van der Waals surface area contributed by atoms with Gasteiger partial charge in [-0.15, -0.1) is 0 Å². The van der Waals surface area contributed by atoms with E-state index in [1.165, 1.54) is 6.07 Å². The number of anilines is 1. The molecule has 0 saturated carbocycles. The first-order valence-corrected chi connectivity index (χ1v) is 12.5. The number of carbonyl (C=O) groups is 1. The molecular weight excluding hydrogens is 479 g/mol. The lowest BCUT2D eigenvalue weighted by Gasteiger charge is -2.32. The lowest BCUT2D eigenvalue weighted by Crippen LogP contribution is -2.36. The van der Waals surface area contributed by atoms with E-state index in [1.54, 1.807) is 10.7 Å². The molecule has 0 radical (unpaired) electrons. The monoisotopic (exact) mass is 507 g/mol. The van der Waals surface area contributed by atoms with E-state index in [-0.39, 0.29) is 17.4 Å². The molecule has 1 aliphatic rings. The Morgan fingerprint density at radius 2 is 1.68 bits per heavy atom. The van der Waals surface area contributed by atoms with Crippen LogP contribution in [0.5, 0.6) is 0 Å². The molecule has 2 heterocycles. The van der Waals surface area contributed by atoms with Gasteiger partial charge in [-0.3, -0.25) is 9.48 Å². The van der Waals surface area contributed by atoms with Crippen LogP contribution in [0, 0.1) is 5.92 Å². The molecule has 3 aromatic carbocycles. The van der Waals surface area contributed by atoms with Crippen molar-refractivity contribution in [3.8, 4) is 11.3 Å². The van der Waals surface area contributed by atoms with Crippen molar-refractivity contribution in [3.63, 3.8) is 0 Å². The molecule has 4 aromatic rings. The average molecular weight is 508 g/mol. The number of nitrogens with zero attached hydrogens (tertiary/aromatic N) is 3. The molecule has 1 fully saturated rings. The summed E-state index contributed by atoms with van der Waals surface area (Å²) in [5.41, 5.74) is 2.62. The van der Waals surface area contributed by atoms with Crippen molar-refractivity contribution in [1.29, 1.82) is 0 Å². The molecular formula is C29H28F3N3O2. The summed E-state index contributed by atoms with van der Waals surface area (Å²) in [5.74, 6) is -0.203. The smallest absolute Gasteiger partial charge is 0.418 e. The molecule has 1 aliphatic heterocycles. The van der Waals surface area contributed by atoms with Crippen LogP contribution in [0.4, 0.5) is 18.9 Å². The second-order valence-corrected chi connectivity index (χ2v) is 9.25. The minimum absolute atomic E-state index is 0.0500. The predicted molar refractivity (Wildman–Crippen MR) is 137 cm³/mol. The van der Waals surface area contributed by atoms with Gasteiger partial charge in [0.1, 0.15) is 5.52 Å². The third-order valence-electron chi connectivity index (χ3n) is 6.87. The fourth-order valence-corrected chi connectivity index (χ4v) is 5.02. The Hall–Kier alpha value is -3.81. The zero-order chi connectivity index (χ0) is 26.0. The molecule has 5 rings (SSSR count). The summed E-state index contributed by atoms with van der Waals surface area (Å²) in [6, 6.07) is 21.6. The summed E-state index contributed by atoms with van der Waals surface area (Å²) in [5, 5.41) is 4.91. The van der Waals surface area contributed by atoms with E-state index in [0.29, 0.717) is 24.2 Å². The van der Waals surface area contributed by atoms with E-state index in [9.17, 15) is 18.0 Å². The molecule has 0 spiro atoms. The number of aromatic nitrogens is 2. The summed E-state index contributed by atoms with van der Waals surface area (Å²) in [6.07, 6.45) is -3.03. The van der Waals surface area contributed by atoms with Crippen LogP contribution < -0.4 is 4.90 Å². The van der Waals surface area contributed by atoms with Gasteiger partial charge in [0, 0.05) is 29.7 Å². The Balaban J connectivity index is 1.47. The number of hydrogen-bond donors (Lipinski definition) is 0. The Morgan fingerprint density at radius 1 is 0.973 bits per heavy atom. The van der Waals surface area contributed by atoms with E-state index >= 15 is 0 Å². The van der Waals surface area contributed by atoms with Gasteiger partial charge in [-0.1, -0.05) is 54.6 Å². The quantitative estimate of drug-likeness (QED) is 0.278. The van der Waals surface area contributed by atoms with Crippen molar-refractivity contribution in [2.75, 3.05) is 24.6 Å². The van der Waals surface area contributed by atoms with Gasteiger partial charge in [0.15, 0.2) is 0 Å². The Bertz CT molecular complexity index is 1370. The molecule has 1 aromatic heterocycles. The standard InChI is InChI=1S/C29H28F3N3O2/c1-2-37-28(36)22-15-17-34(18-16-22)23-13-11-21(12-14-23)27-24-9-6-10-25(29(30,31)32)26(24)33-35(27)19-20-7-4-3-5-8-20/h3-14,22H,2,15-19H2,1H3. The molecule has 0 aliphatic carbocycles. The number of hydrogen-bond acceptors (Lipinski definition) is 4. The Kier molecular flexibility index (Phi) is 6.91. The normalized spacial score (nSPS) is 14.8. The maximum atomic E-state index is 13.8. The average Bonchev–Trinajstić information content (AvgIpc) is 3.26. The largest absolute Gasteiger partial charge is 0.466 e. The van der Waals surface area contributed by atoms with E-state index in [2.05, 4.69) is 10.00 Å². The number of carbonyl (C=O) groups excluding carboxylic acids is 1. The second kappa shape index (κ2) is 10.3. The van der Waals surface area contributed by atoms with Gasteiger partial charge in [-0.05, 0) is 43.5 Å². The van der Waals surface area contributed by atoms with Gasteiger partial charge in [0.25, 0.3) is 0 Å². The third kappa shape index (κ3) is 5.19. The molecule has 0 bridgehead atoms. The number of benzene rings is 3. The third-order valence-corrected chi connectivity index (χ3v) is 6.87. The number of esters is 1. The maximum absolute atomic E-state index is 13.8. The minimum atomic E-state index is -4.50. The van der Waals surface area contributed by atoms with Gasteiger partial charge in [-0.2, -0.15) is 18.3 Å². The van der Waals surface area contributed by atoms with Gasteiger partial charge in [0.05, 0.1) is 30.3 Å². The van der Waals surface area contributed by atoms with E-state index in [1.807, 2.05) is 61.5 Å². The highest BCUT2D eigenvalue weighted by Crippen LogP contribution is 2.38. The molecule has 8 heteroatoms. The van der Waals surface area contributed by atoms with Crippen LogP contribution in [0.1, 0.15) is 30.9 Å². The molecule has 37 heavy (non-hydrogen) atoms. The highest BCUT2D eigenvalue weighted by atomic mass is 19.4. The van der Waals surface area contributed by atoms with E-state index in [4.69, 9.17) is 4.74 Å². The second-order valence-electron chi connectivity index (χ2n) is 9.25. The Morgan fingerprint density at radius 3 is 2.32 bits per heavy atom. The number of fused-ring (bicyclic) bond motifs is 1. The summed E-state index contributed by atoms with van der Waals surface area (Å²) in [7, 11) is 0. The van der Waals surface area contributed by atoms with Gasteiger partial charge >= 0.3 is 12.1 Å². The first-order chi connectivity index (χ1) is 17.8. The minimum Gasteiger partial charge on any atom is -0.466 e. The van der Waals surface area contributed by atoms with Crippen LogP contribution in [0.3, 0.4) is 0 Å². The number of piperidine rings is 1. The number of alkyl halides is 3. The first-order valence-electron chi connectivity index (χ1n) is 12.5. The van der Waals surface area contributed by atoms with Crippen molar-refractivity contribution >= 4 is 22.6 Å². The summed E-state index contributed by atoms with van der Waals surface area (Å²) >= 11 is 0. The van der Waals surface area contributed by atoms with Crippen LogP contribution >= 0.6 is 0 Å². The van der Waals surface area contributed by atoms with Crippen LogP contribution in [0.2, 0.25) is 0 Å². The molecule has 0 amide bonds. The summed E-state index contributed by atoms with van der Waals surface area (Å²) < 4.78 is 48.2. The van der Waals surface area contributed by atoms with Crippen molar-refractivity contribution in [2.24, 2.45) is 5.92 Å². The van der Waals surface area contributed by atoms with Crippen molar-refractivity contribution in [3.05, 3.63) is 83.9 Å². The van der Waals surface area contributed by atoms with Crippen LogP contribution in [0.25, 0.3) is 22.2 Å². The summed E-state index contributed by atoms with van der Waals surface area (Å²) in [4.78, 5) is 14.3. The summed E-state index contributed by atoms with van der Waals surface area (Å²) in [6.45, 7) is 4.04.